The number of carbonyl (C=O) groups excluding carboxylic acids is 1. The lowest BCUT2D eigenvalue weighted by Crippen LogP contribution is -2.30. The molecular formula is C21H20N2O3. The zero-order chi connectivity index (χ0) is 18.5. The number of para-hydroxylation sites is 1. The topological polar surface area (TPSA) is 71.2 Å². The molecule has 132 valence electrons. The number of nitrogens with one attached hydrogen (secondary N) is 2. The highest BCUT2D eigenvalue weighted by Gasteiger charge is 2.14. The van der Waals surface area contributed by atoms with Crippen LogP contribution in [0.25, 0.3) is 0 Å². The summed E-state index contributed by atoms with van der Waals surface area (Å²) in [6.07, 6.45) is 0. The van der Waals surface area contributed by atoms with Gasteiger partial charge in [0.05, 0.1) is 0 Å². The number of aromatic amines is 1. The van der Waals surface area contributed by atoms with Crippen LogP contribution in [-0.2, 0) is 6.54 Å². The molecule has 0 unspecified atom stereocenters. The van der Waals surface area contributed by atoms with Crippen LogP contribution in [0.4, 0.5) is 0 Å². The lowest BCUT2D eigenvalue weighted by molar-refractivity contribution is 0.0948. The number of aryl methyl sites for hydroxylation is 2. The van der Waals surface area contributed by atoms with Gasteiger partial charge in [-0.1, -0.05) is 30.3 Å². The normalized spacial score (nSPS) is 10.4. The molecule has 0 aliphatic heterocycles. The first-order valence-electron chi connectivity index (χ1n) is 8.33. The molecule has 26 heavy (non-hydrogen) atoms. The maximum Gasteiger partial charge on any atom is 0.261 e. The molecule has 1 aromatic heterocycles. The molecule has 3 rings (SSSR count). The Hall–Kier alpha value is -3.34. The third-order valence-electron chi connectivity index (χ3n) is 3.95. The van der Waals surface area contributed by atoms with Gasteiger partial charge < -0.3 is 15.0 Å². The lowest BCUT2D eigenvalue weighted by Gasteiger charge is -2.09. The predicted molar refractivity (Wildman–Crippen MR) is 101 cm³/mol. The molecule has 0 aliphatic rings. The van der Waals surface area contributed by atoms with Gasteiger partial charge in [-0.15, -0.1) is 0 Å². The summed E-state index contributed by atoms with van der Waals surface area (Å²) in [5, 5.41) is 2.79. The van der Waals surface area contributed by atoms with Gasteiger partial charge in [0.25, 0.3) is 11.5 Å². The van der Waals surface area contributed by atoms with E-state index in [0.717, 1.165) is 22.8 Å². The fourth-order valence-electron chi connectivity index (χ4n) is 2.71. The summed E-state index contributed by atoms with van der Waals surface area (Å²) >= 11 is 0. The number of hydrogen-bond acceptors (Lipinski definition) is 3. The van der Waals surface area contributed by atoms with Crippen LogP contribution in [0.2, 0.25) is 0 Å². The van der Waals surface area contributed by atoms with E-state index < -0.39 is 0 Å². The number of ether oxygens (including phenoxy) is 1. The van der Waals surface area contributed by atoms with Crippen LogP contribution in [0, 0.1) is 13.8 Å². The van der Waals surface area contributed by atoms with E-state index in [1.54, 1.807) is 19.9 Å². The highest BCUT2D eigenvalue weighted by Crippen LogP contribution is 2.21. The van der Waals surface area contributed by atoms with Crippen molar-refractivity contribution < 1.29 is 9.53 Å². The molecule has 3 aromatic rings. The van der Waals surface area contributed by atoms with E-state index in [0.29, 0.717) is 12.1 Å². The number of rotatable bonds is 5. The van der Waals surface area contributed by atoms with Gasteiger partial charge in [0.2, 0.25) is 0 Å². The van der Waals surface area contributed by atoms with Crippen LogP contribution >= 0.6 is 0 Å². The summed E-state index contributed by atoms with van der Waals surface area (Å²) in [5.41, 5.74) is 2.10. The Kier molecular flexibility index (Phi) is 5.17. The van der Waals surface area contributed by atoms with Crippen molar-refractivity contribution >= 4 is 5.91 Å². The van der Waals surface area contributed by atoms with Crippen molar-refractivity contribution in [1.82, 2.24) is 10.3 Å². The van der Waals surface area contributed by atoms with Gasteiger partial charge in [-0.2, -0.15) is 0 Å². The molecule has 0 spiro atoms. The average Bonchev–Trinajstić information content (AvgIpc) is 2.61. The fraction of sp³-hybridized carbons (Fsp3) is 0.143. The van der Waals surface area contributed by atoms with Crippen molar-refractivity contribution in [2.75, 3.05) is 0 Å². The number of hydrogen-bond donors (Lipinski definition) is 2. The molecule has 1 amide bonds. The SMILES string of the molecule is Cc1cc(C)c(C(=O)NCc2ccc(Oc3ccccc3)cc2)c(=O)[nH]1. The molecule has 0 saturated heterocycles. The fourth-order valence-corrected chi connectivity index (χ4v) is 2.71. The summed E-state index contributed by atoms with van der Waals surface area (Å²) in [5.74, 6) is 1.10. The van der Waals surface area contributed by atoms with E-state index in [9.17, 15) is 9.59 Å². The largest absolute Gasteiger partial charge is 0.457 e. The molecule has 2 N–H and O–H groups in total. The van der Waals surface area contributed by atoms with Crippen molar-refractivity contribution in [3.8, 4) is 11.5 Å². The minimum atomic E-state index is -0.381. The Morgan fingerprint density at radius 1 is 1.00 bits per heavy atom. The van der Waals surface area contributed by atoms with Crippen LogP contribution in [0.5, 0.6) is 11.5 Å². The Morgan fingerprint density at radius 2 is 1.65 bits per heavy atom. The van der Waals surface area contributed by atoms with Crippen LogP contribution in [0.3, 0.4) is 0 Å². The van der Waals surface area contributed by atoms with E-state index in [1.165, 1.54) is 0 Å². The van der Waals surface area contributed by atoms with Crippen molar-refractivity contribution in [3.05, 3.63) is 93.4 Å². The second-order valence-electron chi connectivity index (χ2n) is 6.08. The van der Waals surface area contributed by atoms with Gasteiger partial charge >= 0.3 is 0 Å². The van der Waals surface area contributed by atoms with Crippen LogP contribution in [0.1, 0.15) is 27.2 Å². The smallest absolute Gasteiger partial charge is 0.261 e. The zero-order valence-corrected chi connectivity index (χ0v) is 14.7. The minimum Gasteiger partial charge on any atom is -0.457 e. The summed E-state index contributed by atoms with van der Waals surface area (Å²) in [7, 11) is 0. The van der Waals surface area contributed by atoms with Crippen LogP contribution in [0.15, 0.2) is 65.5 Å². The van der Waals surface area contributed by atoms with E-state index >= 15 is 0 Å². The molecular weight excluding hydrogens is 328 g/mol. The van der Waals surface area contributed by atoms with Crippen LogP contribution in [-0.4, -0.2) is 10.9 Å². The molecule has 0 aliphatic carbocycles. The Morgan fingerprint density at radius 3 is 2.31 bits per heavy atom. The monoisotopic (exact) mass is 348 g/mol. The molecule has 1 heterocycles. The van der Waals surface area contributed by atoms with Gasteiger partial charge in [-0.3, -0.25) is 9.59 Å². The molecule has 5 heteroatoms. The first kappa shape index (κ1) is 17.5. The lowest BCUT2D eigenvalue weighted by atomic mass is 10.1. The molecule has 0 fully saturated rings. The number of amides is 1. The Balaban J connectivity index is 1.63. The highest BCUT2D eigenvalue weighted by molar-refractivity contribution is 5.95. The van der Waals surface area contributed by atoms with Crippen molar-refractivity contribution in [3.63, 3.8) is 0 Å². The van der Waals surface area contributed by atoms with Crippen molar-refractivity contribution in [2.24, 2.45) is 0 Å². The molecule has 5 nitrogen and oxygen atoms in total. The first-order valence-corrected chi connectivity index (χ1v) is 8.33. The number of benzene rings is 2. The average molecular weight is 348 g/mol. The Bertz CT molecular complexity index is 961. The molecule has 2 aromatic carbocycles. The number of H-pyrrole nitrogens is 1. The van der Waals surface area contributed by atoms with E-state index in [2.05, 4.69) is 10.3 Å². The van der Waals surface area contributed by atoms with Gasteiger partial charge in [0.15, 0.2) is 0 Å². The molecule has 0 saturated carbocycles. The van der Waals surface area contributed by atoms with Crippen molar-refractivity contribution in [2.45, 2.75) is 20.4 Å². The molecule has 0 bridgehead atoms. The Labute approximate surface area is 151 Å². The second-order valence-corrected chi connectivity index (χ2v) is 6.08. The van der Waals surface area contributed by atoms with Gasteiger partial charge in [-0.05, 0) is 55.3 Å². The second kappa shape index (κ2) is 7.70. The standard InChI is InChI=1S/C21H20N2O3/c1-14-12-15(2)23-21(25)19(14)20(24)22-13-16-8-10-18(11-9-16)26-17-6-4-3-5-7-17/h3-12H,13H2,1-2H3,(H,22,24)(H,23,25). The molecule has 0 atom stereocenters. The maximum atomic E-state index is 12.3. The van der Waals surface area contributed by atoms with E-state index in [1.807, 2.05) is 54.6 Å². The predicted octanol–water partition coefficient (Wildman–Crippen LogP) is 3.71. The summed E-state index contributed by atoms with van der Waals surface area (Å²) in [6.45, 7) is 3.87. The third kappa shape index (κ3) is 4.19. The zero-order valence-electron chi connectivity index (χ0n) is 14.7. The molecule has 0 radical (unpaired) electrons. The first-order chi connectivity index (χ1) is 12.5. The highest BCUT2D eigenvalue weighted by atomic mass is 16.5. The van der Waals surface area contributed by atoms with Gasteiger partial charge in [0, 0.05) is 12.2 Å². The third-order valence-corrected chi connectivity index (χ3v) is 3.95. The number of pyridine rings is 1. The maximum absolute atomic E-state index is 12.3. The van der Waals surface area contributed by atoms with Gasteiger partial charge in [-0.25, -0.2) is 0 Å². The minimum absolute atomic E-state index is 0.152. The van der Waals surface area contributed by atoms with Gasteiger partial charge in [0.1, 0.15) is 17.1 Å². The number of carbonyl (C=O) groups is 1. The van der Waals surface area contributed by atoms with E-state index in [-0.39, 0.29) is 17.0 Å². The summed E-state index contributed by atoms with van der Waals surface area (Å²) in [6, 6.07) is 18.8. The summed E-state index contributed by atoms with van der Waals surface area (Å²) < 4.78 is 5.74. The van der Waals surface area contributed by atoms with E-state index in [4.69, 9.17) is 4.74 Å². The number of aromatic nitrogens is 1. The summed E-state index contributed by atoms with van der Waals surface area (Å²) in [4.78, 5) is 27.0. The van der Waals surface area contributed by atoms with Crippen LogP contribution < -0.4 is 15.6 Å². The van der Waals surface area contributed by atoms with Crippen molar-refractivity contribution in [1.29, 1.82) is 0 Å². The quantitative estimate of drug-likeness (QED) is 0.738.